The average molecular weight is 362 g/mol. The first kappa shape index (κ1) is 16.7. The van der Waals surface area contributed by atoms with E-state index in [-0.39, 0.29) is 17.1 Å². The second kappa shape index (κ2) is 5.20. The predicted octanol–water partition coefficient (Wildman–Crippen LogP) is -4.07. The lowest BCUT2D eigenvalue weighted by molar-refractivity contribution is -0.0615. The van der Waals surface area contributed by atoms with Crippen LogP contribution in [-0.2, 0) is 14.8 Å². The second-order valence-corrected chi connectivity index (χ2v) is 6.97. The molecule has 13 nitrogen and oxygen atoms in total. The van der Waals surface area contributed by atoms with Gasteiger partial charge in [-0.1, -0.05) is 0 Å². The molecule has 0 aliphatic carbocycles. The normalized spacial score (nSPS) is 30.9. The van der Waals surface area contributed by atoms with Gasteiger partial charge >= 0.3 is 0 Å². The molecule has 2 aromatic rings. The summed E-state index contributed by atoms with van der Waals surface area (Å²) in [7, 11) is -4.78. The minimum Gasteiger partial charge on any atom is -0.394 e. The molecule has 14 heteroatoms. The molecule has 0 amide bonds. The number of nitrogens with two attached hydrogens (primary N) is 2. The highest BCUT2D eigenvalue weighted by Gasteiger charge is 2.63. The topological polar surface area (TPSA) is 220 Å². The summed E-state index contributed by atoms with van der Waals surface area (Å²) < 4.78 is 29.8. The molecule has 0 aromatic carbocycles. The van der Waals surface area contributed by atoms with Gasteiger partial charge in [0.15, 0.2) is 17.4 Å². The maximum atomic E-state index is 11.9. The number of aromatic nitrogens is 4. The number of H-pyrrole nitrogens is 1. The van der Waals surface area contributed by atoms with E-state index >= 15 is 0 Å². The number of anilines is 1. The van der Waals surface area contributed by atoms with Crippen molar-refractivity contribution in [2.45, 2.75) is 23.4 Å². The summed E-state index contributed by atoms with van der Waals surface area (Å²) in [4.78, 5) is 18.5. The van der Waals surface area contributed by atoms with E-state index in [1.54, 1.807) is 0 Å². The third kappa shape index (κ3) is 2.12. The number of nitrogens with zero attached hydrogens (tertiary/aromatic N) is 3. The van der Waals surface area contributed by atoms with Crippen molar-refractivity contribution in [2.75, 3.05) is 12.3 Å². The number of imidazole rings is 1. The number of hydrogen-bond acceptors (Lipinski definition) is 10. The smallest absolute Gasteiger partial charge is 0.280 e. The number of aliphatic hydroxyl groups excluding tert-OH is 2. The van der Waals surface area contributed by atoms with E-state index in [4.69, 9.17) is 15.6 Å². The third-order valence-corrected chi connectivity index (χ3v) is 5.13. The van der Waals surface area contributed by atoms with Crippen LogP contribution in [0.1, 0.15) is 6.23 Å². The summed E-state index contributed by atoms with van der Waals surface area (Å²) in [6.07, 6.45) is -4.35. The minimum absolute atomic E-state index is 0.200. The van der Waals surface area contributed by atoms with Gasteiger partial charge in [0.05, 0.1) is 12.9 Å². The Kier molecular flexibility index (Phi) is 3.63. The molecule has 24 heavy (non-hydrogen) atoms. The molecule has 1 aliphatic heterocycles. The molecule has 3 heterocycles. The van der Waals surface area contributed by atoms with E-state index in [0.717, 1.165) is 10.9 Å². The standard InChI is InChI=1S/C10H14N6O7S/c11-9-14-6-4(7(19)15-9)13-2-16(6)8-10(20,24(12,21)22)5(18)3(1-17)23-8/h2-3,5,8,17-18,20H,1H2,(H2,12,21,22)(H3,11,14,15,19)/t3-,5-,8-,10+/m1/s1. The van der Waals surface area contributed by atoms with Crippen molar-refractivity contribution < 1.29 is 28.5 Å². The molecular formula is C10H14N6O7S. The molecular weight excluding hydrogens is 348 g/mol. The molecule has 0 spiro atoms. The molecule has 0 bridgehead atoms. The summed E-state index contributed by atoms with van der Waals surface area (Å²) in [5, 5.41) is 34.8. The summed E-state index contributed by atoms with van der Waals surface area (Å²) in [5.74, 6) is -0.286. The lowest BCUT2D eigenvalue weighted by Gasteiger charge is -2.28. The zero-order valence-corrected chi connectivity index (χ0v) is 12.7. The van der Waals surface area contributed by atoms with Crippen LogP contribution in [0.15, 0.2) is 11.1 Å². The van der Waals surface area contributed by atoms with E-state index in [0.29, 0.717) is 0 Å². The first-order valence-electron chi connectivity index (χ1n) is 6.52. The Morgan fingerprint density at radius 3 is 2.75 bits per heavy atom. The number of aromatic amines is 1. The van der Waals surface area contributed by atoms with Gasteiger partial charge in [-0.05, 0) is 0 Å². The molecule has 4 atom stereocenters. The number of sulfonamides is 1. The van der Waals surface area contributed by atoms with Crippen molar-refractivity contribution in [1.29, 1.82) is 0 Å². The van der Waals surface area contributed by atoms with Crippen LogP contribution < -0.4 is 16.4 Å². The summed E-state index contributed by atoms with van der Waals surface area (Å²) in [6, 6.07) is 0. The van der Waals surface area contributed by atoms with Crippen LogP contribution in [0.25, 0.3) is 11.2 Å². The highest BCUT2D eigenvalue weighted by Crippen LogP contribution is 2.41. The molecule has 2 aromatic heterocycles. The molecule has 3 rings (SSSR count). The lowest BCUT2D eigenvalue weighted by atomic mass is 10.1. The Morgan fingerprint density at radius 2 is 2.17 bits per heavy atom. The van der Waals surface area contributed by atoms with E-state index in [1.807, 2.05) is 0 Å². The Morgan fingerprint density at radius 1 is 1.50 bits per heavy atom. The van der Waals surface area contributed by atoms with E-state index in [9.17, 15) is 28.5 Å². The van der Waals surface area contributed by atoms with Crippen LogP contribution in [0.3, 0.4) is 0 Å². The van der Waals surface area contributed by atoms with Gasteiger partial charge in [0.2, 0.25) is 16.0 Å². The summed E-state index contributed by atoms with van der Waals surface area (Å²) in [6.45, 7) is -0.793. The van der Waals surface area contributed by atoms with E-state index in [1.165, 1.54) is 0 Å². The van der Waals surface area contributed by atoms with Gasteiger partial charge in [-0.15, -0.1) is 0 Å². The van der Waals surface area contributed by atoms with Crippen molar-refractivity contribution in [3.8, 4) is 0 Å². The molecule has 0 radical (unpaired) electrons. The fourth-order valence-electron chi connectivity index (χ4n) is 2.58. The first-order valence-corrected chi connectivity index (χ1v) is 8.07. The van der Waals surface area contributed by atoms with Gasteiger partial charge in [-0.25, -0.2) is 18.5 Å². The van der Waals surface area contributed by atoms with Gasteiger partial charge < -0.3 is 25.8 Å². The van der Waals surface area contributed by atoms with Crippen molar-refractivity contribution in [3.05, 3.63) is 16.7 Å². The number of nitrogens with one attached hydrogen (secondary N) is 1. The van der Waals surface area contributed by atoms with Crippen molar-refractivity contribution in [1.82, 2.24) is 19.5 Å². The lowest BCUT2D eigenvalue weighted by Crippen LogP contribution is -2.55. The molecule has 0 unspecified atom stereocenters. The maximum Gasteiger partial charge on any atom is 0.280 e. The minimum atomic E-state index is -4.78. The highest BCUT2D eigenvalue weighted by atomic mass is 32.2. The molecule has 0 saturated carbocycles. The van der Waals surface area contributed by atoms with Crippen molar-refractivity contribution in [3.63, 3.8) is 0 Å². The molecule has 132 valence electrons. The number of primary sulfonamides is 1. The molecule has 8 N–H and O–H groups in total. The first-order chi connectivity index (χ1) is 11.1. The van der Waals surface area contributed by atoms with Crippen LogP contribution in [-0.4, -0.2) is 67.0 Å². The Hall–Kier alpha value is -2.10. The van der Waals surface area contributed by atoms with Crippen LogP contribution in [0, 0.1) is 0 Å². The monoisotopic (exact) mass is 362 g/mol. The number of ether oxygens (including phenoxy) is 1. The van der Waals surface area contributed by atoms with Crippen LogP contribution >= 0.6 is 0 Å². The van der Waals surface area contributed by atoms with Gasteiger partial charge in [0.25, 0.3) is 10.5 Å². The van der Waals surface area contributed by atoms with Gasteiger partial charge in [-0.2, -0.15) is 4.98 Å². The van der Waals surface area contributed by atoms with Crippen molar-refractivity contribution in [2.24, 2.45) is 5.14 Å². The zero-order chi connectivity index (χ0) is 17.9. The maximum absolute atomic E-state index is 11.9. The number of rotatable bonds is 3. The van der Waals surface area contributed by atoms with E-state index < -0.39 is 45.6 Å². The Labute approximate surface area is 133 Å². The van der Waals surface area contributed by atoms with Crippen LogP contribution in [0.4, 0.5) is 5.95 Å². The number of aliphatic hydroxyl groups is 3. The Bertz CT molecular complexity index is 954. The molecule has 1 saturated heterocycles. The number of hydrogen-bond donors (Lipinski definition) is 6. The average Bonchev–Trinajstić information content (AvgIpc) is 3.00. The van der Waals surface area contributed by atoms with Gasteiger partial charge in [-0.3, -0.25) is 14.3 Å². The number of nitrogen functional groups attached to an aromatic ring is 1. The highest BCUT2D eigenvalue weighted by molar-refractivity contribution is 7.90. The molecule has 1 aliphatic rings. The summed E-state index contributed by atoms with van der Waals surface area (Å²) in [5.41, 5.74) is 4.34. The third-order valence-electron chi connectivity index (χ3n) is 3.77. The fraction of sp³-hybridized carbons (Fsp3) is 0.500. The number of fused-ring (bicyclic) bond motifs is 1. The van der Waals surface area contributed by atoms with Crippen molar-refractivity contribution >= 4 is 27.1 Å². The van der Waals surface area contributed by atoms with E-state index in [2.05, 4.69) is 15.0 Å². The summed E-state index contributed by atoms with van der Waals surface area (Å²) >= 11 is 0. The SMILES string of the molecule is Nc1nc2c(ncn2[C@@H]2O[C@H](CO)[C@@H](O)[C@]2(O)S(N)(=O)=O)c(=O)[nH]1. The second-order valence-electron chi connectivity index (χ2n) is 5.23. The Balaban J connectivity index is 2.26. The largest absolute Gasteiger partial charge is 0.394 e. The van der Waals surface area contributed by atoms with Gasteiger partial charge in [0.1, 0.15) is 12.2 Å². The fourth-order valence-corrected chi connectivity index (χ4v) is 3.52. The van der Waals surface area contributed by atoms with Crippen LogP contribution in [0.5, 0.6) is 0 Å². The van der Waals surface area contributed by atoms with Gasteiger partial charge in [0, 0.05) is 0 Å². The van der Waals surface area contributed by atoms with Crippen LogP contribution in [0.2, 0.25) is 0 Å². The quantitative estimate of drug-likeness (QED) is 0.310. The predicted molar refractivity (Wildman–Crippen MR) is 77.6 cm³/mol. The molecule has 1 fully saturated rings. The zero-order valence-electron chi connectivity index (χ0n) is 11.9.